The highest BCUT2D eigenvalue weighted by Gasteiger charge is 2.54. The van der Waals surface area contributed by atoms with Crippen molar-refractivity contribution in [3.8, 4) is 5.75 Å². The van der Waals surface area contributed by atoms with E-state index in [1.54, 1.807) is 11.0 Å². The summed E-state index contributed by atoms with van der Waals surface area (Å²) in [5.41, 5.74) is 1.29. The Bertz CT molecular complexity index is 1060. The van der Waals surface area contributed by atoms with Gasteiger partial charge < -0.3 is 9.64 Å². The quantitative estimate of drug-likeness (QED) is 0.663. The molecule has 6 nitrogen and oxygen atoms in total. The average molecular weight is 451 g/mol. The maximum Gasteiger partial charge on any atom is 0.350 e. The van der Waals surface area contributed by atoms with Gasteiger partial charge in [0.25, 0.3) is 0 Å². The molecule has 33 heavy (non-hydrogen) atoms. The number of benzene rings is 2. The summed E-state index contributed by atoms with van der Waals surface area (Å²) in [6.45, 7) is 8.41. The van der Waals surface area contributed by atoms with Crippen molar-refractivity contribution in [2.75, 3.05) is 31.1 Å². The molecule has 2 aromatic carbocycles. The first kappa shape index (κ1) is 21.9. The van der Waals surface area contributed by atoms with Crippen molar-refractivity contribution < 1.29 is 13.9 Å². The second-order valence-electron chi connectivity index (χ2n) is 9.50. The number of amides is 2. The first-order valence-electron chi connectivity index (χ1n) is 11.9. The molecule has 0 bridgehead atoms. The van der Waals surface area contributed by atoms with E-state index >= 15 is 0 Å². The highest BCUT2D eigenvalue weighted by atomic mass is 19.1. The molecule has 0 atom stereocenters. The number of amidine groups is 1. The Morgan fingerprint density at radius 3 is 2.48 bits per heavy atom. The maximum atomic E-state index is 14.0. The van der Waals surface area contributed by atoms with Crippen LogP contribution in [-0.2, 0) is 6.54 Å². The third-order valence-corrected chi connectivity index (χ3v) is 6.82. The number of hydrogen-bond acceptors (Lipinski definition) is 4. The van der Waals surface area contributed by atoms with E-state index < -0.39 is 5.54 Å². The van der Waals surface area contributed by atoms with Crippen molar-refractivity contribution >= 4 is 17.6 Å². The molecule has 0 aromatic heterocycles. The molecule has 5 rings (SSSR count). The zero-order valence-electron chi connectivity index (χ0n) is 19.3. The van der Waals surface area contributed by atoms with Gasteiger partial charge in [0.05, 0.1) is 6.10 Å². The van der Waals surface area contributed by atoms with Crippen molar-refractivity contribution in [1.29, 1.82) is 0 Å². The number of carbonyl (C=O) groups is 1. The second-order valence-corrected chi connectivity index (χ2v) is 9.50. The second kappa shape index (κ2) is 8.78. The van der Waals surface area contributed by atoms with Crippen LogP contribution < -0.4 is 9.64 Å². The summed E-state index contributed by atoms with van der Waals surface area (Å²) in [6.07, 6.45) is 2.80. The minimum Gasteiger partial charge on any atom is -0.491 e. The number of rotatable bonds is 5. The van der Waals surface area contributed by atoms with Crippen molar-refractivity contribution in [3.05, 3.63) is 59.9 Å². The molecule has 7 heteroatoms. The molecule has 2 aromatic rings. The average Bonchev–Trinajstić information content (AvgIpc) is 2.99. The van der Waals surface area contributed by atoms with E-state index in [-0.39, 0.29) is 18.0 Å². The predicted molar refractivity (Wildman–Crippen MR) is 127 cm³/mol. The third kappa shape index (κ3) is 4.22. The zero-order chi connectivity index (χ0) is 23.0. The Kier molecular flexibility index (Phi) is 5.83. The number of likely N-dealkylation sites (tertiary alicyclic amines) is 2. The number of nitrogens with zero attached hydrogens (tertiary/aromatic N) is 4. The Balaban J connectivity index is 1.36. The van der Waals surface area contributed by atoms with Crippen molar-refractivity contribution in [1.82, 2.24) is 9.80 Å². The van der Waals surface area contributed by atoms with Gasteiger partial charge in [0, 0.05) is 38.4 Å². The Labute approximate surface area is 194 Å². The van der Waals surface area contributed by atoms with Gasteiger partial charge in [0.2, 0.25) is 0 Å². The molecule has 0 aliphatic carbocycles. The van der Waals surface area contributed by atoms with Crippen LogP contribution in [0.4, 0.5) is 14.9 Å². The number of urea groups is 1. The zero-order valence-corrected chi connectivity index (χ0v) is 19.3. The Hall–Kier alpha value is -2.93. The van der Waals surface area contributed by atoms with Crippen LogP contribution in [0.2, 0.25) is 0 Å². The molecule has 0 radical (unpaired) electrons. The van der Waals surface area contributed by atoms with Gasteiger partial charge in [-0.15, -0.1) is 0 Å². The van der Waals surface area contributed by atoms with Crippen LogP contribution in [0.1, 0.15) is 38.7 Å². The predicted octanol–water partition coefficient (Wildman–Crippen LogP) is 4.69. The lowest BCUT2D eigenvalue weighted by atomic mass is 9.83. The topological polar surface area (TPSA) is 48.4 Å². The number of ether oxygens (including phenoxy) is 1. The summed E-state index contributed by atoms with van der Waals surface area (Å²) in [6, 6.07) is 14.3. The Morgan fingerprint density at radius 1 is 1.06 bits per heavy atom. The molecule has 3 aliphatic rings. The molecule has 1 spiro atoms. The van der Waals surface area contributed by atoms with Gasteiger partial charge in [0.1, 0.15) is 22.9 Å². The number of carbonyl (C=O) groups excluding carboxylic acids is 1. The molecule has 3 aliphatic heterocycles. The lowest BCUT2D eigenvalue weighted by molar-refractivity contribution is 0.171. The van der Waals surface area contributed by atoms with Gasteiger partial charge in [-0.05, 0) is 69.0 Å². The summed E-state index contributed by atoms with van der Waals surface area (Å²) in [7, 11) is 0. The molecule has 3 heterocycles. The number of aliphatic imine (C=N–C) groups is 1. The molecule has 0 unspecified atom stereocenters. The van der Waals surface area contributed by atoms with Crippen LogP contribution in [0.25, 0.3) is 0 Å². The highest BCUT2D eigenvalue weighted by Crippen LogP contribution is 2.41. The molecule has 2 saturated heterocycles. The summed E-state index contributed by atoms with van der Waals surface area (Å²) >= 11 is 0. The van der Waals surface area contributed by atoms with Crippen LogP contribution in [0.5, 0.6) is 5.75 Å². The van der Waals surface area contributed by atoms with E-state index in [1.807, 2.05) is 32.0 Å². The molecule has 2 fully saturated rings. The van der Waals surface area contributed by atoms with Crippen LogP contribution in [-0.4, -0.2) is 59.5 Å². The molecule has 174 valence electrons. The van der Waals surface area contributed by atoms with Crippen LogP contribution in [0, 0.1) is 5.82 Å². The third-order valence-electron chi connectivity index (χ3n) is 6.82. The van der Waals surface area contributed by atoms with Gasteiger partial charge in [-0.2, -0.15) is 4.99 Å². The van der Waals surface area contributed by atoms with E-state index in [0.717, 1.165) is 63.6 Å². The van der Waals surface area contributed by atoms with Gasteiger partial charge in [-0.1, -0.05) is 18.2 Å². The molecular weight excluding hydrogens is 419 g/mol. The monoisotopic (exact) mass is 450 g/mol. The minimum atomic E-state index is -0.510. The largest absolute Gasteiger partial charge is 0.491 e. The fourth-order valence-corrected chi connectivity index (χ4v) is 5.17. The first-order valence-corrected chi connectivity index (χ1v) is 11.9. The SMILES string of the molecule is CC(C)Oc1cccc(CN2CCC3(CC2)C(N2CCC2)=NC(=O)N3c2cccc(F)c2)c1. The summed E-state index contributed by atoms with van der Waals surface area (Å²) in [5.74, 6) is 1.42. The van der Waals surface area contributed by atoms with E-state index in [2.05, 4.69) is 26.9 Å². The standard InChI is InChI=1S/C26H31FN4O2/c1-19(2)33-23-9-3-6-20(16-23)18-29-14-10-26(11-15-29)24(30-12-5-13-30)28-25(32)31(26)22-8-4-7-21(27)17-22/h3-4,6-9,16-17,19H,5,10-15,18H2,1-2H3. The van der Waals surface area contributed by atoms with Gasteiger partial charge in [-0.25, -0.2) is 9.18 Å². The molecule has 2 amide bonds. The number of anilines is 1. The molecular formula is C26H31FN4O2. The fourth-order valence-electron chi connectivity index (χ4n) is 5.17. The summed E-state index contributed by atoms with van der Waals surface area (Å²) < 4.78 is 19.9. The van der Waals surface area contributed by atoms with Crippen molar-refractivity contribution in [2.24, 2.45) is 4.99 Å². The molecule has 0 saturated carbocycles. The first-order chi connectivity index (χ1) is 15.9. The summed E-state index contributed by atoms with van der Waals surface area (Å²) in [5, 5.41) is 0. The minimum absolute atomic E-state index is 0.142. The number of piperidine rings is 1. The van der Waals surface area contributed by atoms with Crippen molar-refractivity contribution in [3.63, 3.8) is 0 Å². The van der Waals surface area contributed by atoms with Crippen molar-refractivity contribution in [2.45, 2.75) is 51.3 Å². The van der Waals surface area contributed by atoms with Crippen LogP contribution in [0.15, 0.2) is 53.5 Å². The van der Waals surface area contributed by atoms with E-state index in [0.29, 0.717) is 5.69 Å². The Morgan fingerprint density at radius 2 is 1.82 bits per heavy atom. The molecule has 0 N–H and O–H groups in total. The maximum absolute atomic E-state index is 14.0. The van der Waals surface area contributed by atoms with E-state index in [4.69, 9.17) is 4.74 Å². The smallest absolute Gasteiger partial charge is 0.350 e. The van der Waals surface area contributed by atoms with Gasteiger partial charge in [0.15, 0.2) is 0 Å². The van der Waals surface area contributed by atoms with E-state index in [1.165, 1.54) is 17.7 Å². The number of halogens is 1. The van der Waals surface area contributed by atoms with E-state index in [9.17, 15) is 9.18 Å². The lowest BCUT2D eigenvalue weighted by Crippen LogP contribution is -2.63. The highest BCUT2D eigenvalue weighted by molar-refractivity contribution is 6.16. The van der Waals surface area contributed by atoms with Gasteiger partial charge in [-0.3, -0.25) is 9.80 Å². The number of hydrogen-bond donors (Lipinski definition) is 0. The van der Waals surface area contributed by atoms with Gasteiger partial charge >= 0.3 is 6.03 Å². The normalized spacial score (nSPS) is 20.4. The lowest BCUT2D eigenvalue weighted by Gasteiger charge is -2.49. The van der Waals surface area contributed by atoms with Crippen LogP contribution in [0.3, 0.4) is 0 Å². The fraction of sp³-hybridized carbons (Fsp3) is 0.462. The van der Waals surface area contributed by atoms with Crippen LogP contribution >= 0.6 is 0 Å². The summed E-state index contributed by atoms with van der Waals surface area (Å²) in [4.78, 5) is 24.0.